The fourth-order valence-corrected chi connectivity index (χ4v) is 11.6. The molecule has 3 aromatic heterocycles. The van der Waals surface area contributed by atoms with Crippen LogP contribution >= 0.6 is 0 Å². The number of amidine groups is 2. The van der Waals surface area contributed by atoms with E-state index in [0.717, 1.165) is 76.8 Å². The monoisotopic (exact) mass is 1020 g/mol. The van der Waals surface area contributed by atoms with Gasteiger partial charge in [0.25, 0.3) is 0 Å². The Morgan fingerprint density at radius 3 is 1.77 bits per heavy atom. The molecule has 1 aliphatic carbocycles. The van der Waals surface area contributed by atoms with Gasteiger partial charge in [0.2, 0.25) is 0 Å². The normalized spacial score (nSPS) is 12.7. The van der Waals surface area contributed by atoms with Gasteiger partial charge in [-0.05, 0) is 122 Å². The molecule has 1 N–H and O–H groups in total. The summed E-state index contributed by atoms with van der Waals surface area (Å²) in [7, 11) is 0. The molecule has 6 nitrogen and oxygen atoms in total. The lowest BCUT2D eigenvalue weighted by Gasteiger charge is -2.21. The number of nitrogens with one attached hydrogen (secondary N) is 1. The first-order valence-electron chi connectivity index (χ1n) is 26.4. The van der Waals surface area contributed by atoms with Gasteiger partial charge in [-0.2, -0.15) is 0 Å². The molecule has 6 heteroatoms. The Kier molecular flexibility index (Phi) is 12.6. The third kappa shape index (κ3) is 8.42. The highest BCUT2D eigenvalue weighted by atomic mass is 16.3. The molecule has 0 bridgehead atoms. The molecule has 0 fully saturated rings. The zero-order valence-corrected chi connectivity index (χ0v) is 44.5. The highest BCUT2D eigenvalue weighted by Crippen LogP contribution is 2.52. The number of aromatic nitrogens is 1. The van der Waals surface area contributed by atoms with Crippen LogP contribution in [0.3, 0.4) is 0 Å². The summed E-state index contributed by atoms with van der Waals surface area (Å²) in [5.74, 6) is 0.398. The molecular weight excluding hydrogens is 965 g/mol. The molecule has 0 radical (unpaired) electrons. The molecule has 14 rings (SSSR count). The van der Waals surface area contributed by atoms with E-state index in [1.54, 1.807) is 0 Å². The number of furan rings is 2. The van der Waals surface area contributed by atoms with Crippen LogP contribution in [0.15, 0.2) is 246 Å². The van der Waals surface area contributed by atoms with E-state index in [1.165, 1.54) is 44.2 Å². The maximum absolute atomic E-state index is 9.47. The van der Waals surface area contributed by atoms with Crippen molar-refractivity contribution >= 4 is 113 Å². The van der Waals surface area contributed by atoms with Crippen molar-refractivity contribution in [3.63, 3.8) is 0 Å². The average molecular weight is 1020 g/mol. The van der Waals surface area contributed by atoms with E-state index < -0.39 is 0 Å². The minimum Gasteiger partial charge on any atom is -0.456 e. The number of aliphatic imine (C=N–C) groups is 2. The van der Waals surface area contributed by atoms with Crippen LogP contribution in [-0.4, -0.2) is 22.6 Å². The van der Waals surface area contributed by atoms with Gasteiger partial charge in [-0.1, -0.05) is 191 Å². The Labute approximate surface area is 459 Å². The van der Waals surface area contributed by atoms with E-state index in [4.69, 9.17) is 18.8 Å². The van der Waals surface area contributed by atoms with E-state index in [-0.39, 0.29) is 11.3 Å². The van der Waals surface area contributed by atoms with Crippen LogP contribution < -0.4 is 0 Å². The molecule has 0 saturated heterocycles. The van der Waals surface area contributed by atoms with E-state index in [0.29, 0.717) is 28.1 Å². The number of rotatable bonds is 7. The highest BCUT2D eigenvalue weighted by Gasteiger charge is 2.36. The molecule has 1 aliphatic rings. The van der Waals surface area contributed by atoms with Crippen LogP contribution in [0.2, 0.25) is 0 Å². The Hall–Kier alpha value is -10.2. The van der Waals surface area contributed by atoms with Crippen LogP contribution in [0.25, 0.3) is 117 Å². The minimum absolute atomic E-state index is 0.0468. The van der Waals surface area contributed by atoms with Gasteiger partial charge in [-0.15, -0.1) is 13.2 Å². The lowest BCUT2D eigenvalue weighted by atomic mass is 9.82. The second kappa shape index (κ2) is 20.1. The summed E-state index contributed by atoms with van der Waals surface area (Å²) in [6.07, 6.45) is 7.48. The van der Waals surface area contributed by atoms with Gasteiger partial charge in [-0.3, -0.25) is 9.98 Å². The Morgan fingerprint density at radius 1 is 0.506 bits per heavy atom. The van der Waals surface area contributed by atoms with Gasteiger partial charge in [-0.25, -0.2) is 9.98 Å². The van der Waals surface area contributed by atoms with Crippen LogP contribution in [-0.2, 0) is 5.41 Å². The van der Waals surface area contributed by atoms with Crippen molar-refractivity contribution in [3.05, 3.63) is 272 Å². The molecule has 0 amide bonds. The summed E-state index contributed by atoms with van der Waals surface area (Å²) in [5.41, 5.74) is 17.9. The van der Waals surface area contributed by atoms with Gasteiger partial charge in [0, 0.05) is 54.4 Å². The molecule has 3 heterocycles. The van der Waals surface area contributed by atoms with Crippen molar-refractivity contribution in [2.45, 2.75) is 26.2 Å². The molecular formula is C73H56N4O2. The Morgan fingerprint density at radius 2 is 1.09 bits per heavy atom. The number of fused-ring (bicyclic) bond motifs is 14. The fraction of sp³-hybridized carbons (Fsp3) is 0.0548. The van der Waals surface area contributed by atoms with Crippen molar-refractivity contribution in [3.8, 4) is 22.3 Å². The fourth-order valence-electron chi connectivity index (χ4n) is 11.6. The predicted octanol–water partition coefficient (Wildman–Crippen LogP) is 19.8. The van der Waals surface area contributed by atoms with Crippen LogP contribution in [0.1, 0.15) is 58.4 Å². The standard InChI is InChI=1S/C62H42N4O2.C9H10.C2H4/c1-5-36-30-49-48-19-13-18-43(39-25-28-51-50(31-39)58-42-15-8-7-14-38(42)24-29-52(58)62(51,3)4)59(48)66(53(49)32-37(36)6-2)35-64-61(41-23-27-47-45-17-10-12-21-55(45)68-57(47)34-41)65-60(63)40-22-26-46-44-16-9-11-20-54(44)67-56(46)33-40;1-3-9-7-5-4-6-8(9)2;1-2/h5-35,63H,1-2H2,3-4H3;3-7H,1H2,2H3;1-2H2. The number of nitrogens with zero attached hydrogens (tertiary/aromatic N) is 3. The van der Waals surface area contributed by atoms with E-state index in [1.807, 2.05) is 116 Å². The third-order valence-corrected chi connectivity index (χ3v) is 15.6. The minimum atomic E-state index is -0.157. The van der Waals surface area contributed by atoms with E-state index >= 15 is 0 Å². The summed E-state index contributed by atoms with van der Waals surface area (Å²) in [6.45, 7) is 24.8. The zero-order valence-electron chi connectivity index (χ0n) is 44.5. The molecule has 0 unspecified atom stereocenters. The summed E-state index contributed by atoms with van der Waals surface area (Å²) < 4.78 is 14.8. The molecule has 0 saturated carbocycles. The van der Waals surface area contributed by atoms with Gasteiger partial charge < -0.3 is 8.83 Å². The molecule has 79 heavy (non-hydrogen) atoms. The smallest absolute Gasteiger partial charge is 0.163 e. The van der Waals surface area contributed by atoms with E-state index in [2.05, 4.69) is 161 Å². The summed E-state index contributed by atoms with van der Waals surface area (Å²) in [5, 5.41) is 18.1. The van der Waals surface area contributed by atoms with Crippen LogP contribution in [0.5, 0.6) is 0 Å². The predicted molar refractivity (Wildman–Crippen MR) is 337 cm³/mol. The van der Waals surface area contributed by atoms with Crippen LogP contribution in [0, 0.1) is 12.3 Å². The Bertz CT molecular complexity index is 4720. The number of para-hydroxylation sites is 3. The van der Waals surface area contributed by atoms with Gasteiger partial charge in [0.1, 0.15) is 28.7 Å². The summed E-state index contributed by atoms with van der Waals surface area (Å²) in [6, 6.07) is 67.1. The van der Waals surface area contributed by atoms with Gasteiger partial charge in [0.15, 0.2) is 11.7 Å². The molecule has 380 valence electrons. The largest absolute Gasteiger partial charge is 0.456 e. The number of benzene rings is 10. The second-order valence-electron chi connectivity index (χ2n) is 20.3. The third-order valence-electron chi connectivity index (χ3n) is 15.6. The summed E-state index contributed by atoms with van der Waals surface area (Å²) in [4.78, 5) is 10.3. The molecule has 0 atom stereocenters. The van der Waals surface area contributed by atoms with Gasteiger partial charge >= 0.3 is 0 Å². The summed E-state index contributed by atoms with van der Waals surface area (Å²) >= 11 is 0. The molecule has 0 spiro atoms. The van der Waals surface area contributed by atoms with Crippen molar-refractivity contribution in [1.82, 2.24) is 4.57 Å². The quantitative estimate of drug-likeness (QED) is 0.0980. The van der Waals surface area contributed by atoms with E-state index in [9.17, 15) is 5.41 Å². The van der Waals surface area contributed by atoms with Crippen molar-refractivity contribution in [2.24, 2.45) is 9.98 Å². The maximum Gasteiger partial charge on any atom is 0.163 e. The highest BCUT2D eigenvalue weighted by molar-refractivity contribution is 6.20. The SMILES string of the molecule is C=C.C=Cc1cc2c3cccc(-c4ccc5c(c4)-c4c(ccc6ccccc46)C5(C)C)c3n(C=NC(=NC(=N)c3ccc4c(c3)oc3ccccc34)c3ccc4c(c3)oc3ccccc34)c2cc1C=C.C=Cc1ccccc1C. The first kappa shape index (κ1) is 49.7. The molecule has 10 aromatic carbocycles. The lowest BCUT2D eigenvalue weighted by Crippen LogP contribution is -2.14. The van der Waals surface area contributed by atoms with Crippen LogP contribution in [0.4, 0.5) is 0 Å². The zero-order chi connectivity index (χ0) is 54.5. The van der Waals surface area contributed by atoms with Crippen molar-refractivity contribution in [2.75, 3.05) is 0 Å². The number of hydrogen-bond donors (Lipinski definition) is 1. The second-order valence-corrected chi connectivity index (χ2v) is 20.3. The Balaban J connectivity index is 0.000000513. The first-order chi connectivity index (χ1) is 38.6. The maximum atomic E-state index is 9.47. The van der Waals surface area contributed by atoms with Crippen molar-refractivity contribution < 1.29 is 8.83 Å². The molecule has 13 aromatic rings. The molecule has 0 aliphatic heterocycles. The van der Waals surface area contributed by atoms with Gasteiger partial charge in [0.05, 0.1) is 11.0 Å². The first-order valence-corrected chi connectivity index (χ1v) is 26.4. The van der Waals surface area contributed by atoms with Crippen molar-refractivity contribution in [1.29, 1.82) is 5.41 Å². The number of hydrogen-bond acceptors (Lipinski definition) is 3. The topological polar surface area (TPSA) is 79.8 Å². The average Bonchev–Trinajstić information content (AvgIpc) is 4.31. The lowest BCUT2D eigenvalue weighted by molar-refractivity contribution is 0.661. The number of aryl methyl sites for hydroxylation is 1.